The molecule has 8 heteroatoms. The van der Waals surface area contributed by atoms with Gasteiger partial charge in [-0.05, 0) is 29.5 Å². The highest BCUT2D eigenvalue weighted by Gasteiger charge is 2.16. The zero-order valence-corrected chi connectivity index (χ0v) is 10.6. The lowest BCUT2D eigenvalue weighted by Crippen LogP contribution is -2.13. The van der Waals surface area contributed by atoms with Gasteiger partial charge in [0.25, 0.3) is 5.91 Å². The summed E-state index contributed by atoms with van der Waals surface area (Å²) in [7, 11) is 0. The summed E-state index contributed by atoms with van der Waals surface area (Å²) in [4.78, 5) is 28.0. The van der Waals surface area contributed by atoms with Crippen molar-refractivity contribution in [1.29, 1.82) is 0 Å². The molecule has 19 heavy (non-hydrogen) atoms. The molecule has 7 nitrogen and oxygen atoms in total. The number of amides is 1. The van der Waals surface area contributed by atoms with Crippen LogP contribution in [0.2, 0.25) is 5.15 Å². The first kappa shape index (κ1) is 13.0. The molecule has 2 heterocycles. The molecule has 0 bridgehead atoms. The highest BCUT2D eigenvalue weighted by Crippen LogP contribution is 2.18. The highest BCUT2D eigenvalue weighted by molar-refractivity contribution is 6.29. The molecule has 0 aliphatic carbocycles. The summed E-state index contributed by atoms with van der Waals surface area (Å²) in [5.41, 5.74) is 1.34. The Morgan fingerprint density at radius 1 is 1.53 bits per heavy atom. The van der Waals surface area contributed by atoms with Crippen LogP contribution in [-0.2, 0) is 0 Å². The largest absolute Gasteiger partial charge is 0.358 e. The lowest BCUT2D eigenvalue weighted by Gasteiger charge is -2.05. The molecular formula is C11H9ClN4O3. The van der Waals surface area contributed by atoms with Crippen LogP contribution in [0.15, 0.2) is 24.4 Å². The fraction of sp³-hybridized carbons (Fsp3) is 0.0909. The van der Waals surface area contributed by atoms with Crippen molar-refractivity contribution in [1.82, 2.24) is 9.97 Å². The predicted octanol–water partition coefficient (Wildman–Crippen LogP) is 2.53. The molecule has 0 radical (unpaired) electrons. The number of carbonyl (C=O) groups excluding carboxylic acids is 1. The molecule has 0 unspecified atom stereocenters. The summed E-state index contributed by atoms with van der Waals surface area (Å²) >= 11 is 5.70. The molecule has 0 aliphatic rings. The molecule has 0 saturated heterocycles. The molecule has 2 aromatic heterocycles. The fourth-order valence-corrected chi connectivity index (χ4v) is 1.68. The molecule has 0 aromatic carbocycles. The van der Waals surface area contributed by atoms with E-state index in [1.807, 2.05) is 0 Å². The van der Waals surface area contributed by atoms with Gasteiger partial charge in [-0.3, -0.25) is 4.79 Å². The van der Waals surface area contributed by atoms with Crippen molar-refractivity contribution < 1.29 is 9.72 Å². The topological polar surface area (TPSA) is 101 Å². The predicted molar refractivity (Wildman–Crippen MR) is 69.4 cm³/mol. The van der Waals surface area contributed by atoms with Crippen LogP contribution in [0.3, 0.4) is 0 Å². The Labute approximate surface area is 112 Å². The first-order valence-corrected chi connectivity index (χ1v) is 5.62. The summed E-state index contributed by atoms with van der Waals surface area (Å²) < 4.78 is 0. The first-order chi connectivity index (χ1) is 8.97. The maximum absolute atomic E-state index is 11.9. The number of nitro groups is 1. The van der Waals surface area contributed by atoms with Gasteiger partial charge in [0.05, 0.1) is 11.9 Å². The number of aryl methyl sites for hydroxylation is 1. The number of anilines is 1. The van der Waals surface area contributed by atoms with E-state index in [1.54, 1.807) is 13.0 Å². The molecule has 0 saturated carbocycles. The summed E-state index contributed by atoms with van der Waals surface area (Å²) in [6.45, 7) is 1.76. The van der Waals surface area contributed by atoms with Gasteiger partial charge in [0.2, 0.25) is 0 Å². The third-order valence-electron chi connectivity index (χ3n) is 2.44. The summed E-state index contributed by atoms with van der Waals surface area (Å²) in [6, 6.07) is 4.17. The summed E-state index contributed by atoms with van der Waals surface area (Å²) in [5.74, 6) is -0.726. The Kier molecular flexibility index (Phi) is 3.48. The zero-order chi connectivity index (χ0) is 14.0. The molecule has 0 fully saturated rings. The minimum Gasteiger partial charge on any atom is -0.358 e. The Morgan fingerprint density at radius 2 is 2.26 bits per heavy atom. The number of hydrogen-bond acceptors (Lipinski definition) is 4. The maximum Gasteiger partial charge on any atom is 0.321 e. The van der Waals surface area contributed by atoms with E-state index >= 15 is 0 Å². The monoisotopic (exact) mass is 280 g/mol. The van der Waals surface area contributed by atoms with Crippen LogP contribution in [0.5, 0.6) is 0 Å². The van der Waals surface area contributed by atoms with Crippen molar-refractivity contribution in [2.75, 3.05) is 5.32 Å². The van der Waals surface area contributed by atoms with E-state index in [2.05, 4.69) is 15.3 Å². The van der Waals surface area contributed by atoms with E-state index in [4.69, 9.17) is 11.6 Å². The van der Waals surface area contributed by atoms with Crippen LogP contribution in [0.1, 0.15) is 16.1 Å². The standard InChI is InChI=1S/C11H9ClN4O3/c1-6-4-9(12)13-5-8(6)15-11(17)7-2-3-10(14-7)16(18)19/h2-5,14H,1H3,(H,15,17). The highest BCUT2D eigenvalue weighted by atomic mass is 35.5. The quantitative estimate of drug-likeness (QED) is 0.512. The number of hydrogen-bond donors (Lipinski definition) is 2. The van der Waals surface area contributed by atoms with E-state index in [9.17, 15) is 14.9 Å². The number of nitrogens with zero attached hydrogens (tertiary/aromatic N) is 2. The average Bonchev–Trinajstić information content (AvgIpc) is 2.82. The second kappa shape index (κ2) is 5.07. The molecule has 1 amide bonds. The fourth-order valence-electron chi connectivity index (χ4n) is 1.46. The van der Waals surface area contributed by atoms with Crippen LogP contribution >= 0.6 is 11.6 Å². The minimum atomic E-state index is -0.605. The zero-order valence-electron chi connectivity index (χ0n) is 9.81. The van der Waals surface area contributed by atoms with Crippen LogP contribution in [-0.4, -0.2) is 20.8 Å². The van der Waals surface area contributed by atoms with E-state index in [0.717, 1.165) is 5.56 Å². The van der Waals surface area contributed by atoms with E-state index in [-0.39, 0.29) is 11.5 Å². The lowest BCUT2D eigenvalue weighted by atomic mass is 10.2. The van der Waals surface area contributed by atoms with Gasteiger partial charge in [-0.25, -0.2) is 9.97 Å². The second-order valence-corrected chi connectivity index (χ2v) is 4.18. The number of halogens is 1. The Bertz CT molecular complexity index is 653. The van der Waals surface area contributed by atoms with E-state index < -0.39 is 10.8 Å². The molecule has 0 spiro atoms. The SMILES string of the molecule is Cc1cc(Cl)ncc1NC(=O)c1ccc([N+](=O)[O-])[nH]1. The van der Waals surface area contributed by atoms with E-state index in [1.165, 1.54) is 18.3 Å². The third kappa shape index (κ3) is 2.89. The van der Waals surface area contributed by atoms with Crippen molar-refractivity contribution in [3.8, 4) is 0 Å². The van der Waals surface area contributed by atoms with Crippen molar-refractivity contribution in [2.45, 2.75) is 6.92 Å². The van der Waals surface area contributed by atoms with Crippen molar-refractivity contribution in [3.63, 3.8) is 0 Å². The normalized spacial score (nSPS) is 10.2. The maximum atomic E-state index is 11.9. The first-order valence-electron chi connectivity index (χ1n) is 5.24. The van der Waals surface area contributed by atoms with Crippen LogP contribution in [0, 0.1) is 17.0 Å². The molecular weight excluding hydrogens is 272 g/mol. The molecule has 98 valence electrons. The van der Waals surface area contributed by atoms with Crippen LogP contribution < -0.4 is 5.32 Å². The van der Waals surface area contributed by atoms with Gasteiger partial charge < -0.3 is 15.4 Å². The molecule has 2 rings (SSSR count). The Morgan fingerprint density at radius 3 is 2.84 bits per heavy atom. The van der Waals surface area contributed by atoms with Gasteiger partial charge >= 0.3 is 5.82 Å². The van der Waals surface area contributed by atoms with E-state index in [0.29, 0.717) is 10.8 Å². The lowest BCUT2D eigenvalue weighted by molar-refractivity contribution is -0.389. The van der Waals surface area contributed by atoms with Crippen molar-refractivity contribution >= 4 is 29.0 Å². The van der Waals surface area contributed by atoms with Crippen molar-refractivity contribution in [2.24, 2.45) is 0 Å². The average molecular weight is 281 g/mol. The summed E-state index contributed by atoms with van der Waals surface area (Å²) in [6.07, 6.45) is 1.42. The number of aromatic nitrogens is 2. The van der Waals surface area contributed by atoms with Gasteiger partial charge in [0.1, 0.15) is 5.15 Å². The molecule has 2 aromatic rings. The number of rotatable bonds is 3. The van der Waals surface area contributed by atoms with Crippen LogP contribution in [0.25, 0.3) is 0 Å². The number of nitrogens with one attached hydrogen (secondary N) is 2. The van der Waals surface area contributed by atoms with Gasteiger partial charge in [-0.15, -0.1) is 0 Å². The number of aromatic amines is 1. The van der Waals surface area contributed by atoms with Gasteiger partial charge in [0.15, 0.2) is 5.69 Å². The van der Waals surface area contributed by atoms with Gasteiger partial charge in [-0.2, -0.15) is 0 Å². The number of H-pyrrole nitrogens is 1. The summed E-state index contributed by atoms with van der Waals surface area (Å²) in [5, 5.41) is 13.4. The smallest absolute Gasteiger partial charge is 0.321 e. The van der Waals surface area contributed by atoms with Crippen molar-refractivity contribution in [3.05, 3.63) is 50.9 Å². The Balaban J connectivity index is 2.18. The molecule has 2 N–H and O–H groups in total. The van der Waals surface area contributed by atoms with Gasteiger partial charge in [-0.1, -0.05) is 11.6 Å². The number of carbonyl (C=O) groups is 1. The van der Waals surface area contributed by atoms with Crippen LogP contribution in [0.4, 0.5) is 11.5 Å². The minimum absolute atomic E-state index is 0.0982. The van der Waals surface area contributed by atoms with Gasteiger partial charge in [0, 0.05) is 6.07 Å². The number of pyridine rings is 1. The third-order valence-corrected chi connectivity index (χ3v) is 2.64. The second-order valence-electron chi connectivity index (χ2n) is 3.79. The molecule has 0 atom stereocenters. The Hall–Kier alpha value is -2.41. The molecule has 0 aliphatic heterocycles.